The molecule has 0 saturated carbocycles. The van der Waals surface area contributed by atoms with E-state index in [1.807, 2.05) is 24.3 Å². The molecule has 0 aliphatic heterocycles. The predicted molar refractivity (Wildman–Crippen MR) is 58.7 cm³/mol. The van der Waals surface area contributed by atoms with Gasteiger partial charge in [0.1, 0.15) is 0 Å². The van der Waals surface area contributed by atoms with Gasteiger partial charge in [-0.1, -0.05) is 23.7 Å². The lowest BCUT2D eigenvalue weighted by Crippen LogP contribution is -2.00. The van der Waals surface area contributed by atoms with Gasteiger partial charge in [-0.25, -0.2) is 0 Å². The molecule has 0 fully saturated rings. The summed E-state index contributed by atoms with van der Waals surface area (Å²) >= 11 is 5.72. The van der Waals surface area contributed by atoms with Crippen molar-refractivity contribution in [2.75, 3.05) is 0 Å². The zero-order chi connectivity index (χ0) is 8.97. The molecular formula is C10H14Cl2O. The van der Waals surface area contributed by atoms with E-state index in [2.05, 4.69) is 0 Å². The van der Waals surface area contributed by atoms with Gasteiger partial charge < -0.3 is 5.11 Å². The molecule has 3 heteroatoms. The first-order valence-corrected chi connectivity index (χ1v) is 4.49. The van der Waals surface area contributed by atoms with Crippen molar-refractivity contribution < 1.29 is 5.11 Å². The third kappa shape index (κ3) is 5.14. The molecule has 0 saturated heterocycles. The molecule has 1 rings (SSSR count). The Kier molecular flexibility index (Phi) is 6.13. The van der Waals surface area contributed by atoms with Gasteiger partial charge in [-0.15, -0.1) is 12.4 Å². The molecule has 1 aromatic rings. The van der Waals surface area contributed by atoms with Gasteiger partial charge in [0.2, 0.25) is 0 Å². The summed E-state index contributed by atoms with van der Waals surface area (Å²) in [5.41, 5.74) is 1.22. The van der Waals surface area contributed by atoms with Crippen LogP contribution in [0.15, 0.2) is 24.3 Å². The van der Waals surface area contributed by atoms with E-state index in [0.717, 1.165) is 17.9 Å². The number of hydrogen-bond donors (Lipinski definition) is 1. The molecule has 1 unspecified atom stereocenters. The van der Waals surface area contributed by atoms with Crippen molar-refractivity contribution in [2.24, 2.45) is 0 Å². The summed E-state index contributed by atoms with van der Waals surface area (Å²) in [6, 6.07) is 7.73. The van der Waals surface area contributed by atoms with Crippen LogP contribution >= 0.6 is 24.0 Å². The van der Waals surface area contributed by atoms with Crippen molar-refractivity contribution in [3.63, 3.8) is 0 Å². The fourth-order valence-corrected chi connectivity index (χ4v) is 1.15. The first-order chi connectivity index (χ1) is 5.68. The minimum absolute atomic E-state index is 0. The van der Waals surface area contributed by atoms with Crippen LogP contribution in [0.4, 0.5) is 0 Å². The molecule has 1 N–H and O–H groups in total. The van der Waals surface area contributed by atoms with E-state index < -0.39 is 0 Å². The highest BCUT2D eigenvalue weighted by Gasteiger charge is 1.97. The Bertz CT molecular complexity index is 231. The highest BCUT2D eigenvalue weighted by Crippen LogP contribution is 2.11. The van der Waals surface area contributed by atoms with E-state index in [1.54, 1.807) is 6.92 Å². The number of rotatable bonds is 3. The molecule has 13 heavy (non-hydrogen) atoms. The van der Waals surface area contributed by atoms with Crippen LogP contribution in [0.1, 0.15) is 18.9 Å². The number of halogens is 2. The van der Waals surface area contributed by atoms with Gasteiger partial charge in [0.25, 0.3) is 0 Å². The van der Waals surface area contributed by atoms with E-state index >= 15 is 0 Å². The first-order valence-electron chi connectivity index (χ1n) is 4.11. The van der Waals surface area contributed by atoms with Crippen molar-refractivity contribution in [2.45, 2.75) is 25.9 Å². The van der Waals surface area contributed by atoms with Crippen LogP contribution in [0, 0.1) is 0 Å². The summed E-state index contributed by atoms with van der Waals surface area (Å²) in [4.78, 5) is 0. The molecule has 1 aromatic carbocycles. The Morgan fingerprint density at radius 1 is 1.31 bits per heavy atom. The Hall–Kier alpha value is -0.240. The molecule has 0 heterocycles. The second-order valence-electron chi connectivity index (χ2n) is 3.01. The summed E-state index contributed by atoms with van der Waals surface area (Å²) in [6.45, 7) is 1.80. The number of aliphatic hydroxyl groups excluding tert-OH is 1. The summed E-state index contributed by atoms with van der Waals surface area (Å²) < 4.78 is 0. The Labute approximate surface area is 90.1 Å². The second-order valence-corrected chi connectivity index (χ2v) is 3.45. The van der Waals surface area contributed by atoms with Gasteiger partial charge in [0.05, 0.1) is 6.10 Å². The van der Waals surface area contributed by atoms with E-state index in [1.165, 1.54) is 5.56 Å². The molecule has 0 bridgehead atoms. The molecule has 1 nitrogen and oxygen atoms in total. The van der Waals surface area contributed by atoms with E-state index in [9.17, 15) is 0 Å². The molecule has 0 aliphatic rings. The van der Waals surface area contributed by atoms with Crippen LogP contribution in [-0.4, -0.2) is 11.2 Å². The molecule has 0 radical (unpaired) electrons. The van der Waals surface area contributed by atoms with Crippen molar-refractivity contribution in [1.82, 2.24) is 0 Å². The third-order valence-corrected chi connectivity index (χ3v) is 2.02. The van der Waals surface area contributed by atoms with Crippen LogP contribution in [0.2, 0.25) is 5.02 Å². The van der Waals surface area contributed by atoms with Gasteiger partial charge in [-0.3, -0.25) is 0 Å². The van der Waals surface area contributed by atoms with E-state index in [4.69, 9.17) is 16.7 Å². The molecule has 0 spiro atoms. The number of benzene rings is 1. The summed E-state index contributed by atoms with van der Waals surface area (Å²) in [5.74, 6) is 0. The maximum atomic E-state index is 9.04. The zero-order valence-corrected chi connectivity index (χ0v) is 9.11. The highest BCUT2D eigenvalue weighted by atomic mass is 35.5. The van der Waals surface area contributed by atoms with Crippen molar-refractivity contribution in [3.8, 4) is 0 Å². The van der Waals surface area contributed by atoms with Gasteiger partial charge >= 0.3 is 0 Å². The molecule has 0 aromatic heterocycles. The molecule has 0 aliphatic carbocycles. The van der Waals surface area contributed by atoms with Crippen LogP contribution in [-0.2, 0) is 6.42 Å². The summed E-state index contributed by atoms with van der Waals surface area (Å²) in [5, 5.41) is 9.80. The minimum atomic E-state index is -0.222. The fourth-order valence-electron chi connectivity index (χ4n) is 1.03. The van der Waals surface area contributed by atoms with E-state index in [0.29, 0.717) is 0 Å². The van der Waals surface area contributed by atoms with Gasteiger partial charge in [0, 0.05) is 5.02 Å². The highest BCUT2D eigenvalue weighted by molar-refractivity contribution is 6.30. The SMILES string of the molecule is CC(O)CCc1ccc(Cl)cc1.Cl. The maximum absolute atomic E-state index is 9.04. The summed E-state index contributed by atoms with van der Waals surface area (Å²) in [7, 11) is 0. The van der Waals surface area contributed by atoms with Crippen LogP contribution in [0.5, 0.6) is 0 Å². The summed E-state index contributed by atoms with van der Waals surface area (Å²) in [6.07, 6.45) is 1.50. The van der Waals surface area contributed by atoms with Crippen molar-refractivity contribution >= 4 is 24.0 Å². The Morgan fingerprint density at radius 2 is 1.85 bits per heavy atom. The first kappa shape index (κ1) is 12.8. The average Bonchev–Trinajstić information content (AvgIpc) is 2.03. The van der Waals surface area contributed by atoms with E-state index in [-0.39, 0.29) is 18.5 Å². The van der Waals surface area contributed by atoms with Crippen LogP contribution < -0.4 is 0 Å². The third-order valence-electron chi connectivity index (χ3n) is 1.76. The molecule has 0 amide bonds. The molecule has 74 valence electrons. The van der Waals surface area contributed by atoms with Crippen molar-refractivity contribution in [1.29, 1.82) is 0 Å². The lowest BCUT2D eigenvalue weighted by molar-refractivity contribution is 0.185. The Morgan fingerprint density at radius 3 is 2.31 bits per heavy atom. The minimum Gasteiger partial charge on any atom is -0.393 e. The molecule has 1 atom stereocenters. The average molecular weight is 221 g/mol. The van der Waals surface area contributed by atoms with Gasteiger partial charge in [-0.05, 0) is 37.5 Å². The Balaban J connectivity index is 0.00000144. The largest absolute Gasteiger partial charge is 0.393 e. The van der Waals surface area contributed by atoms with Crippen molar-refractivity contribution in [3.05, 3.63) is 34.9 Å². The second kappa shape index (κ2) is 6.25. The predicted octanol–water partition coefficient (Wildman–Crippen LogP) is 3.08. The van der Waals surface area contributed by atoms with Gasteiger partial charge in [0.15, 0.2) is 0 Å². The fraction of sp³-hybridized carbons (Fsp3) is 0.400. The molecular weight excluding hydrogens is 207 g/mol. The maximum Gasteiger partial charge on any atom is 0.0515 e. The van der Waals surface area contributed by atoms with Crippen LogP contribution in [0.25, 0.3) is 0 Å². The quantitative estimate of drug-likeness (QED) is 0.831. The lowest BCUT2D eigenvalue weighted by Gasteiger charge is -2.03. The lowest BCUT2D eigenvalue weighted by atomic mass is 10.1. The monoisotopic (exact) mass is 220 g/mol. The smallest absolute Gasteiger partial charge is 0.0515 e. The number of hydrogen-bond acceptors (Lipinski definition) is 1. The topological polar surface area (TPSA) is 20.2 Å². The number of aryl methyl sites for hydroxylation is 1. The van der Waals surface area contributed by atoms with Crippen LogP contribution in [0.3, 0.4) is 0 Å². The normalized spacial score (nSPS) is 11.9. The zero-order valence-electron chi connectivity index (χ0n) is 7.53. The standard InChI is InChI=1S/C10H13ClO.ClH/c1-8(12)2-3-9-4-6-10(11)7-5-9;/h4-8,12H,2-3H2,1H3;1H. The number of aliphatic hydroxyl groups is 1. The van der Waals surface area contributed by atoms with Gasteiger partial charge in [-0.2, -0.15) is 0 Å².